The van der Waals surface area contributed by atoms with Gasteiger partial charge in [0.1, 0.15) is 0 Å². The van der Waals surface area contributed by atoms with E-state index in [-0.39, 0.29) is 6.10 Å². The number of aliphatic hydroxyl groups is 1. The molecule has 3 heteroatoms. The number of rotatable bonds is 3. The molecule has 0 radical (unpaired) electrons. The molecule has 0 amide bonds. The summed E-state index contributed by atoms with van der Waals surface area (Å²) in [4.78, 5) is 2.33. The quantitative estimate of drug-likeness (QED) is 0.672. The number of hydrogen-bond donors (Lipinski definition) is 2. The van der Waals surface area contributed by atoms with Gasteiger partial charge in [0, 0.05) is 13.1 Å². The van der Waals surface area contributed by atoms with Crippen molar-refractivity contribution in [2.75, 3.05) is 26.2 Å². The summed E-state index contributed by atoms with van der Waals surface area (Å²) in [6.45, 7) is 5.69. The van der Waals surface area contributed by atoms with Gasteiger partial charge in [-0.2, -0.15) is 0 Å². The van der Waals surface area contributed by atoms with Crippen LogP contribution in [0.3, 0.4) is 0 Å². The van der Waals surface area contributed by atoms with Gasteiger partial charge in [0.25, 0.3) is 0 Å². The zero-order valence-electron chi connectivity index (χ0n) is 8.58. The van der Waals surface area contributed by atoms with E-state index < -0.39 is 0 Å². The number of hydrogen-bond acceptors (Lipinski definition) is 3. The molecule has 0 aromatic heterocycles. The van der Waals surface area contributed by atoms with Crippen LogP contribution in [0.1, 0.15) is 26.2 Å². The fourth-order valence-electron chi connectivity index (χ4n) is 1.88. The van der Waals surface area contributed by atoms with E-state index in [0.717, 1.165) is 25.6 Å². The first kappa shape index (κ1) is 11.0. The lowest BCUT2D eigenvalue weighted by Gasteiger charge is -2.22. The van der Waals surface area contributed by atoms with Crippen LogP contribution in [0.4, 0.5) is 0 Å². The molecule has 1 rings (SSSR count). The monoisotopic (exact) mass is 186 g/mol. The topological polar surface area (TPSA) is 49.5 Å². The number of nitrogens with two attached hydrogens (primary N) is 1. The average Bonchev–Trinajstić information content (AvgIpc) is 2.31. The van der Waals surface area contributed by atoms with E-state index in [1.54, 1.807) is 0 Å². The number of likely N-dealkylation sites (tertiary alicyclic amines) is 1. The van der Waals surface area contributed by atoms with Gasteiger partial charge in [0.2, 0.25) is 0 Å². The zero-order chi connectivity index (χ0) is 9.68. The summed E-state index contributed by atoms with van der Waals surface area (Å²) in [5.41, 5.74) is 5.38. The number of nitrogens with zero attached hydrogens (tertiary/aromatic N) is 1. The molecule has 1 saturated heterocycles. The SMILES string of the molecule is CC1CCCN(CC(O)CN)CC1. The lowest BCUT2D eigenvalue weighted by molar-refractivity contribution is 0.120. The van der Waals surface area contributed by atoms with Crippen molar-refractivity contribution in [3.05, 3.63) is 0 Å². The van der Waals surface area contributed by atoms with Crippen LogP contribution in [-0.2, 0) is 0 Å². The first-order chi connectivity index (χ1) is 6.22. The molecule has 0 bridgehead atoms. The molecule has 0 aromatic carbocycles. The standard InChI is InChI=1S/C10H22N2O/c1-9-3-2-5-12(6-4-9)8-10(13)7-11/h9-10,13H,2-8,11H2,1H3. The molecule has 1 aliphatic rings. The molecule has 13 heavy (non-hydrogen) atoms. The summed E-state index contributed by atoms with van der Waals surface area (Å²) in [6, 6.07) is 0. The van der Waals surface area contributed by atoms with Crippen molar-refractivity contribution >= 4 is 0 Å². The predicted molar refractivity (Wildman–Crippen MR) is 54.5 cm³/mol. The molecule has 78 valence electrons. The third-order valence-corrected chi connectivity index (χ3v) is 2.85. The van der Waals surface area contributed by atoms with Crippen molar-refractivity contribution in [1.29, 1.82) is 0 Å². The van der Waals surface area contributed by atoms with Crippen LogP contribution in [0.5, 0.6) is 0 Å². The summed E-state index contributed by atoms with van der Waals surface area (Å²) >= 11 is 0. The highest BCUT2D eigenvalue weighted by Crippen LogP contribution is 2.16. The molecule has 0 aliphatic carbocycles. The van der Waals surface area contributed by atoms with Crippen LogP contribution >= 0.6 is 0 Å². The molecule has 2 atom stereocenters. The maximum Gasteiger partial charge on any atom is 0.0789 e. The van der Waals surface area contributed by atoms with E-state index >= 15 is 0 Å². The van der Waals surface area contributed by atoms with Crippen molar-refractivity contribution < 1.29 is 5.11 Å². The largest absolute Gasteiger partial charge is 0.390 e. The van der Waals surface area contributed by atoms with Crippen LogP contribution < -0.4 is 5.73 Å². The van der Waals surface area contributed by atoms with Gasteiger partial charge in [-0.05, 0) is 38.3 Å². The van der Waals surface area contributed by atoms with Gasteiger partial charge in [0.15, 0.2) is 0 Å². The number of aliphatic hydroxyl groups excluding tert-OH is 1. The van der Waals surface area contributed by atoms with Crippen molar-refractivity contribution in [3.8, 4) is 0 Å². The van der Waals surface area contributed by atoms with E-state index in [4.69, 9.17) is 5.73 Å². The Hall–Kier alpha value is -0.120. The van der Waals surface area contributed by atoms with E-state index in [1.807, 2.05) is 0 Å². The van der Waals surface area contributed by atoms with Crippen molar-refractivity contribution in [1.82, 2.24) is 4.90 Å². The first-order valence-electron chi connectivity index (χ1n) is 5.33. The van der Waals surface area contributed by atoms with Gasteiger partial charge in [-0.25, -0.2) is 0 Å². The van der Waals surface area contributed by atoms with E-state index in [0.29, 0.717) is 6.54 Å². The van der Waals surface area contributed by atoms with Crippen molar-refractivity contribution in [3.63, 3.8) is 0 Å². The summed E-state index contributed by atoms with van der Waals surface area (Å²) in [7, 11) is 0. The highest BCUT2D eigenvalue weighted by Gasteiger charge is 2.15. The second-order valence-electron chi connectivity index (χ2n) is 4.23. The maximum absolute atomic E-state index is 9.40. The first-order valence-corrected chi connectivity index (χ1v) is 5.33. The van der Waals surface area contributed by atoms with Crippen LogP contribution in [0.2, 0.25) is 0 Å². The van der Waals surface area contributed by atoms with E-state index in [1.165, 1.54) is 19.3 Å². The summed E-state index contributed by atoms with van der Waals surface area (Å²) < 4.78 is 0. The van der Waals surface area contributed by atoms with Gasteiger partial charge in [-0.1, -0.05) is 6.92 Å². The minimum Gasteiger partial charge on any atom is -0.390 e. The summed E-state index contributed by atoms with van der Waals surface area (Å²) in [6.07, 6.45) is 3.51. The van der Waals surface area contributed by atoms with Gasteiger partial charge < -0.3 is 15.7 Å². The maximum atomic E-state index is 9.40. The Morgan fingerprint density at radius 3 is 2.92 bits per heavy atom. The minimum atomic E-state index is -0.339. The van der Waals surface area contributed by atoms with Crippen LogP contribution in [-0.4, -0.2) is 42.3 Å². The Morgan fingerprint density at radius 2 is 2.23 bits per heavy atom. The lowest BCUT2D eigenvalue weighted by atomic mass is 10.0. The molecule has 3 N–H and O–H groups in total. The fraction of sp³-hybridized carbons (Fsp3) is 1.00. The molecular formula is C10H22N2O. The molecule has 0 aromatic rings. The molecule has 1 aliphatic heterocycles. The summed E-state index contributed by atoms with van der Waals surface area (Å²) in [5.74, 6) is 0.847. The lowest BCUT2D eigenvalue weighted by Crippen LogP contribution is -2.37. The predicted octanol–water partition coefficient (Wildman–Crippen LogP) is 0.428. The van der Waals surface area contributed by atoms with Gasteiger partial charge in [0.05, 0.1) is 6.10 Å². The van der Waals surface area contributed by atoms with Crippen LogP contribution in [0.15, 0.2) is 0 Å². The Bertz CT molecular complexity index is 141. The number of β-amino-alcohol motifs (C(OH)–C–C–N with tert-alkyl or cyclic N) is 1. The Balaban J connectivity index is 2.25. The molecule has 2 unspecified atom stereocenters. The van der Waals surface area contributed by atoms with Crippen LogP contribution in [0, 0.1) is 5.92 Å². The normalized spacial score (nSPS) is 28.4. The molecule has 1 fully saturated rings. The zero-order valence-corrected chi connectivity index (χ0v) is 8.58. The van der Waals surface area contributed by atoms with Crippen molar-refractivity contribution in [2.24, 2.45) is 11.7 Å². The third-order valence-electron chi connectivity index (χ3n) is 2.85. The highest BCUT2D eigenvalue weighted by molar-refractivity contribution is 4.70. The van der Waals surface area contributed by atoms with E-state index in [9.17, 15) is 5.11 Å². The van der Waals surface area contributed by atoms with Gasteiger partial charge >= 0.3 is 0 Å². The average molecular weight is 186 g/mol. The fourth-order valence-corrected chi connectivity index (χ4v) is 1.88. The second-order valence-corrected chi connectivity index (χ2v) is 4.23. The Labute approximate surface area is 80.9 Å². The molecule has 0 spiro atoms. The smallest absolute Gasteiger partial charge is 0.0789 e. The third kappa shape index (κ3) is 4.07. The Kier molecular flexibility index (Phi) is 4.70. The van der Waals surface area contributed by atoms with Crippen molar-refractivity contribution in [2.45, 2.75) is 32.3 Å². The Morgan fingerprint density at radius 1 is 1.46 bits per heavy atom. The van der Waals surface area contributed by atoms with Crippen LogP contribution in [0.25, 0.3) is 0 Å². The molecular weight excluding hydrogens is 164 g/mol. The minimum absolute atomic E-state index is 0.339. The molecule has 0 saturated carbocycles. The highest BCUT2D eigenvalue weighted by atomic mass is 16.3. The van der Waals surface area contributed by atoms with Gasteiger partial charge in [-0.3, -0.25) is 0 Å². The molecule has 1 heterocycles. The van der Waals surface area contributed by atoms with Gasteiger partial charge in [-0.15, -0.1) is 0 Å². The summed E-state index contributed by atoms with van der Waals surface area (Å²) in [5, 5.41) is 9.40. The second kappa shape index (κ2) is 5.58. The van der Waals surface area contributed by atoms with E-state index in [2.05, 4.69) is 11.8 Å². The molecule has 3 nitrogen and oxygen atoms in total.